The van der Waals surface area contributed by atoms with E-state index in [9.17, 15) is 4.79 Å². The Labute approximate surface area is 197 Å². The van der Waals surface area contributed by atoms with E-state index in [-0.39, 0.29) is 5.91 Å². The molecule has 172 valence electrons. The first kappa shape index (κ1) is 20.7. The maximum Gasteiger partial charge on any atom is 0.254 e. The first-order valence-corrected chi connectivity index (χ1v) is 11.8. The van der Waals surface area contributed by atoms with E-state index in [0.717, 1.165) is 54.3 Å². The molecule has 2 fully saturated rings. The molecule has 1 amide bonds. The van der Waals surface area contributed by atoms with Crippen LogP contribution in [0, 0.1) is 0 Å². The summed E-state index contributed by atoms with van der Waals surface area (Å²) in [5.74, 6) is 2.65. The van der Waals surface area contributed by atoms with Crippen LogP contribution in [-0.2, 0) is 0 Å². The zero-order valence-corrected chi connectivity index (χ0v) is 18.9. The summed E-state index contributed by atoms with van der Waals surface area (Å²) in [6, 6.07) is 17.5. The molecule has 0 saturated carbocycles. The van der Waals surface area contributed by atoms with Gasteiger partial charge in [0.2, 0.25) is 0 Å². The predicted octanol–water partition coefficient (Wildman–Crippen LogP) is 3.85. The Morgan fingerprint density at radius 2 is 1.50 bits per heavy atom. The number of fused-ring (bicyclic) bond motifs is 1. The van der Waals surface area contributed by atoms with E-state index in [2.05, 4.69) is 31.0 Å². The number of aromatic nitrogens is 3. The largest absolute Gasteiger partial charge is 0.356 e. The molecule has 0 bridgehead atoms. The van der Waals surface area contributed by atoms with Crippen LogP contribution in [0.4, 0.5) is 11.6 Å². The summed E-state index contributed by atoms with van der Waals surface area (Å²) < 4.78 is 5.59. The van der Waals surface area contributed by atoms with Crippen molar-refractivity contribution in [3.8, 4) is 11.3 Å². The zero-order chi connectivity index (χ0) is 22.9. The Morgan fingerprint density at radius 1 is 0.794 bits per heavy atom. The van der Waals surface area contributed by atoms with Gasteiger partial charge >= 0.3 is 0 Å². The van der Waals surface area contributed by atoms with Crippen LogP contribution in [0.1, 0.15) is 23.2 Å². The maximum absolute atomic E-state index is 13.3. The van der Waals surface area contributed by atoms with Crippen molar-refractivity contribution >= 4 is 28.4 Å². The third kappa shape index (κ3) is 3.85. The molecular formula is C26H26N6O2. The quantitative estimate of drug-likeness (QED) is 0.463. The van der Waals surface area contributed by atoms with Gasteiger partial charge in [0.15, 0.2) is 5.76 Å². The van der Waals surface area contributed by atoms with Crippen molar-refractivity contribution in [2.75, 3.05) is 49.1 Å². The van der Waals surface area contributed by atoms with E-state index in [4.69, 9.17) is 4.52 Å². The first-order valence-electron chi connectivity index (χ1n) is 11.8. The number of hydrogen-bond acceptors (Lipinski definition) is 7. The fraction of sp³-hybridized carbons (Fsp3) is 0.308. The highest BCUT2D eigenvalue weighted by molar-refractivity contribution is 6.01. The van der Waals surface area contributed by atoms with Gasteiger partial charge in [-0.05, 0) is 31.0 Å². The van der Waals surface area contributed by atoms with E-state index >= 15 is 0 Å². The first-order chi connectivity index (χ1) is 16.8. The SMILES string of the molecule is O=C(c1ccc2noc(-c3ccccc3)c2c1)N1CCN(c2cc(N3CCCC3)ncn2)CC1. The van der Waals surface area contributed by atoms with Crippen LogP contribution in [0.2, 0.25) is 0 Å². The normalized spacial score (nSPS) is 16.4. The van der Waals surface area contributed by atoms with E-state index in [1.165, 1.54) is 12.8 Å². The van der Waals surface area contributed by atoms with Gasteiger partial charge in [0.25, 0.3) is 5.91 Å². The number of rotatable bonds is 4. The van der Waals surface area contributed by atoms with Crippen LogP contribution in [0.5, 0.6) is 0 Å². The van der Waals surface area contributed by atoms with E-state index < -0.39 is 0 Å². The van der Waals surface area contributed by atoms with Gasteiger partial charge in [0.1, 0.15) is 23.5 Å². The third-order valence-corrected chi connectivity index (χ3v) is 6.72. The molecule has 6 rings (SSSR count). The number of carbonyl (C=O) groups is 1. The molecule has 4 heterocycles. The van der Waals surface area contributed by atoms with Crippen LogP contribution >= 0.6 is 0 Å². The highest BCUT2D eigenvalue weighted by Crippen LogP contribution is 2.30. The predicted molar refractivity (Wildman–Crippen MR) is 131 cm³/mol. The van der Waals surface area contributed by atoms with Crippen LogP contribution in [-0.4, -0.2) is 65.2 Å². The maximum atomic E-state index is 13.3. The second-order valence-electron chi connectivity index (χ2n) is 8.82. The Morgan fingerprint density at radius 3 is 2.24 bits per heavy atom. The van der Waals surface area contributed by atoms with Crippen LogP contribution in [0.3, 0.4) is 0 Å². The van der Waals surface area contributed by atoms with E-state index in [0.29, 0.717) is 24.4 Å². The highest BCUT2D eigenvalue weighted by atomic mass is 16.5. The van der Waals surface area contributed by atoms with Crippen molar-refractivity contribution in [3.63, 3.8) is 0 Å². The smallest absolute Gasteiger partial charge is 0.254 e. The van der Waals surface area contributed by atoms with Gasteiger partial charge in [-0.25, -0.2) is 9.97 Å². The molecule has 2 saturated heterocycles. The molecule has 0 aliphatic carbocycles. The molecule has 0 N–H and O–H groups in total. The Kier molecular flexibility index (Phi) is 5.33. The number of carbonyl (C=O) groups excluding carboxylic acids is 1. The summed E-state index contributed by atoms with van der Waals surface area (Å²) in [4.78, 5) is 28.7. The van der Waals surface area contributed by atoms with Crippen molar-refractivity contribution in [2.24, 2.45) is 0 Å². The monoisotopic (exact) mass is 454 g/mol. The van der Waals surface area contributed by atoms with Crippen molar-refractivity contribution in [3.05, 3.63) is 66.5 Å². The molecule has 0 radical (unpaired) electrons. The summed E-state index contributed by atoms with van der Waals surface area (Å²) >= 11 is 0. The van der Waals surface area contributed by atoms with Crippen molar-refractivity contribution in [1.29, 1.82) is 0 Å². The Balaban J connectivity index is 1.17. The van der Waals surface area contributed by atoms with E-state index in [1.807, 2.05) is 53.4 Å². The lowest BCUT2D eigenvalue weighted by Gasteiger charge is -2.35. The fourth-order valence-electron chi connectivity index (χ4n) is 4.82. The summed E-state index contributed by atoms with van der Waals surface area (Å²) in [5.41, 5.74) is 2.35. The van der Waals surface area contributed by atoms with Gasteiger partial charge in [-0.15, -0.1) is 0 Å². The summed E-state index contributed by atoms with van der Waals surface area (Å²) in [7, 11) is 0. The minimum atomic E-state index is 0.0298. The number of nitrogens with zero attached hydrogens (tertiary/aromatic N) is 6. The van der Waals surface area contributed by atoms with Gasteiger partial charge < -0.3 is 19.2 Å². The average Bonchev–Trinajstić information content (AvgIpc) is 3.59. The summed E-state index contributed by atoms with van der Waals surface area (Å²) in [6.45, 7) is 4.90. The number of anilines is 2. The average molecular weight is 455 g/mol. The number of benzene rings is 2. The van der Waals surface area contributed by atoms with Crippen molar-refractivity contribution < 1.29 is 9.32 Å². The topological polar surface area (TPSA) is 78.6 Å². The van der Waals surface area contributed by atoms with Crippen LogP contribution in [0.25, 0.3) is 22.2 Å². The van der Waals surface area contributed by atoms with Gasteiger partial charge in [0.05, 0.1) is 5.39 Å². The fourth-order valence-corrected chi connectivity index (χ4v) is 4.82. The minimum Gasteiger partial charge on any atom is -0.356 e. The van der Waals surface area contributed by atoms with Crippen molar-refractivity contribution in [1.82, 2.24) is 20.0 Å². The summed E-state index contributed by atoms with van der Waals surface area (Å²) in [5, 5.41) is 5.02. The lowest BCUT2D eigenvalue weighted by atomic mass is 10.1. The second kappa shape index (κ2) is 8.78. The molecule has 0 spiro atoms. The zero-order valence-electron chi connectivity index (χ0n) is 18.9. The van der Waals surface area contributed by atoms with Crippen molar-refractivity contribution in [2.45, 2.75) is 12.8 Å². The molecule has 8 heteroatoms. The molecular weight excluding hydrogens is 428 g/mol. The third-order valence-electron chi connectivity index (χ3n) is 6.72. The van der Waals surface area contributed by atoms with Crippen LogP contribution < -0.4 is 9.80 Å². The van der Waals surface area contributed by atoms with Gasteiger partial charge in [-0.1, -0.05) is 35.5 Å². The number of hydrogen-bond donors (Lipinski definition) is 0. The molecule has 8 nitrogen and oxygen atoms in total. The lowest BCUT2D eigenvalue weighted by molar-refractivity contribution is 0.0746. The molecule has 34 heavy (non-hydrogen) atoms. The standard InChI is InChI=1S/C26H26N6O2/c33-26(20-8-9-22-21(16-20)25(34-29-22)19-6-2-1-3-7-19)32-14-12-31(13-15-32)24-17-23(27-18-28-24)30-10-4-5-11-30/h1-3,6-9,16-18H,4-5,10-15H2. The molecule has 0 atom stereocenters. The molecule has 2 aliphatic heterocycles. The highest BCUT2D eigenvalue weighted by Gasteiger charge is 2.25. The summed E-state index contributed by atoms with van der Waals surface area (Å²) in [6.07, 6.45) is 4.08. The molecule has 2 aromatic heterocycles. The van der Waals surface area contributed by atoms with E-state index in [1.54, 1.807) is 6.33 Å². The molecule has 2 aromatic carbocycles. The van der Waals surface area contributed by atoms with Gasteiger partial charge in [-0.2, -0.15) is 0 Å². The molecule has 2 aliphatic rings. The Bertz CT molecular complexity index is 1310. The minimum absolute atomic E-state index is 0.0298. The van der Waals surface area contributed by atoms with Crippen LogP contribution in [0.15, 0.2) is 65.4 Å². The lowest BCUT2D eigenvalue weighted by Crippen LogP contribution is -2.49. The second-order valence-corrected chi connectivity index (χ2v) is 8.82. The number of amides is 1. The Hall–Kier alpha value is -3.94. The van der Waals surface area contributed by atoms with Gasteiger partial charge in [-0.3, -0.25) is 4.79 Å². The number of piperazine rings is 1. The molecule has 4 aromatic rings. The molecule has 0 unspecified atom stereocenters. The van der Waals surface area contributed by atoms with Gasteiger partial charge in [0, 0.05) is 56.5 Å².